The van der Waals surface area contributed by atoms with Gasteiger partial charge in [-0.05, 0) is 43.2 Å². The number of anilines is 2. The van der Waals surface area contributed by atoms with Crippen LogP contribution >= 0.6 is 11.6 Å². The third-order valence-corrected chi connectivity index (χ3v) is 5.43. The van der Waals surface area contributed by atoms with Crippen molar-refractivity contribution < 1.29 is 4.39 Å². The minimum atomic E-state index is -0.478. The van der Waals surface area contributed by atoms with Crippen LogP contribution in [-0.4, -0.2) is 32.8 Å². The Morgan fingerprint density at radius 1 is 1.00 bits per heavy atom. The van der Waals surface area contributed by atoms with Gasteiger partial charge in [0.15, 0.2) is 5.65 Å². The monoisotopic (exact) mass is 408 g/mol. The van der Waals surface area contributed by atoms with Crippen molar-refractivity contribution in [2.24, 2.45) is 0 Å². The van der Waals surface area contributed by atoms with Gasteiger partial charge in [0.2, 0.25) is 5.95 Å². The fourth-order valence-corrected chi connectivity index (χ4v) is 3.86. The van der Waals surface area contributed by atoms with Crippen molar-refractivity contribution in [1.29, 1.82) is 0 Å². The fourth-order valence-electron chi connectivity index (χ4n) is 3.68. The largest absolute Gasteiger partial charge is 0.383 e. The number of rotatable bonds is 3. The average molecular weight is 409 g/mol. The molecule has 0 bridgehead atoms. The summed E-state index contributed by atoms with van der Waals surface area (Å²) in [5.74, 6) is 0.547. The minimum Gasteiger partial charge on any atom is -0.383 e. The van der Waals surface area contributed by atoms with Crippen LogP contribution < -0.4 is 10.6 Å². The van der Waals surface area contributed by atoms with Crippen LogP contribution in [0.1, 0.15) is 12.8 Å². The number of benzene rings is 2. The van der Waals surface area contributed by atoms with E-state index in [9.17, 15) is 4.39 Å². The molecule has 29 heavy (non-hydrogen) atoms. The second-order valence-electron chi connectivity index (χ2n) is 7.03. The Labute approximate surface area is 171 Å². The quantitative estimate of drug-likeness (QED) is 0.542. The number of nitrogens with two attached hydrogens (primary N) is 1. The summed E-state index contributed by atoms with van der Waals surface area (Å²) in [4.78, 5) is 11.6. The topological polar surface area (TPSA) is 72.9 Å². The molecule has 2 aromatic carbocycles. The molecule has 0 atom stereocenters. The lowest BCUT2D eigenvalue weighted by atomic mass is 10.1. The van der Waals surface area contributed by atoms with Gasteiger partial charge in [-0.15, -0.1) is 5.10 Å². The zero-order valence-electron chi connectivity index (χ0n) is 15.5. The van der Waals surface area contributed by atoms with E-state index in [0.29, 0.717) is 34.1 Å². The standard InChI is InChI=1S/C21H18ClFN6/c22-15-12-13(8-9-16(15)23)18-17-19(24)29(14-6-2-1-3-7-14)27-20(17)26-21(25-18)28-10-4-5-11-28/h1-3,6-9,12H,4-5,10-11,24H2. The Balaban J connectivity index is 1.78. The van der Waals surface area contributed by atoms with Gasteiger partial charge in [0, 0.05) is 18.7 Å². The lowest BCUT2D eigenvalue weighted by Crippen LogP contribution is -2.20. The van der Waals surface area contributed by atoms with Gasteiger partial charge < -0.3 is 10.6 Å². The first-order chi connectivity index (χ1) is 14.1. The Hall–Kier alpha value is -3.19. The summed E-state index contributed by atoms with van der Waals surface area (Å²) >= 11 is 6.04. The summed E-state index contributed by atoms with van der Waals surface area (Å²) < 4.78 is 15.4. The molecule has 3 heterocycles. The molecule has 0 saturated carbocycles. The lowest BCUT2D eigenvalue weighted by molar-refractivity contribution is 0.628. The molecule has 0 amide bonds. The highest BCUT2D eigenvalue weighted by molar-refractivity contribution is 6.31. The van der Waals surface area contributed by atoms with E-state index >= 15 is 0 Å². The molecule has 0 radical (unpaired) electrons. The molecule has 1 aliphatic rings. The maximum atomic E-state index is 13.7. The van der Waals surface area contributed by atoms with Gasteiger partial charge in [-0.1, -0.05) is 29.8 Å². The van der Waals surface area contributed by atoms with Gasteiger partial charge in [0.1, 0.15) is 11.6 Å². The molecule has 5 rings (SSSR count). The van der Waals surface area contributed by atoms with Crippen LogP contribution in [0.5, 0.6) is 0 Å². The van der Waals surface area contributed by atoms with Crippen LogP contribution in [0.15, 0.2) is 48.5 Å². The van der Waals surface area contributed by atoms with Crippen molar-refractivity contribution in [1.82, 2.24) is 19.7 Å². The SMILES string of the molecule is Nc1c2c(-c3ccc(F)c(Cl)c3)nc(N3CCCC3)nc2nn1-c1ccccc1. The highest BCUT2D eigenvalue weighted by Crippen LogP contribution is 2.35. The number of halogens is 2. The fraction of sp³-hybridized carbons (Fsp3) is 0.190. The van der Waals surface area contributed by atoms with E-state index in [1.54, 1.807) is 16.8 Å². The number of fused-ring (bicyclic) bond motifs is 1. The van der Waals surface area contributed by atoms with E-state index in [1.807, 2.05) is 30.3 Å². The lowest BCUT2D eigenvalue weighted by Gasteiger charge is -2.16. The van der Waals surface area contributed by atoms with E-state index in [1.165, 1.54) is 6.07 Å². The first-order valence-corrected chi connectivity index (χ1v) is 9.81. The molecule has 6 nitrogen and oxygen atoms in total. The normalized spacial score (nSPS) is 14.1. The second-order valence-corrected chi connectivity index (χ2v) is 7.43. The predicted octanol–water partition coefficient (Wildman–Crippen LogP) is 4.46. The first-order valence-electron chi connectivity index (χ1n) is 9.44. The van der Waals surface area contributed by atoms with Gasteiger partial charge in [0.05, 0.1) is 21.8 Å². The number of hydrogen-bond donors (Lipinski definition) is 1. The maximum Gasteiger partial charge on any atom is 0.228 e. The van der Waals surface area contributed by atoms with Crippen LogP contribution in [0.25, 0.3) is 28.0 Å². The molecular formula is C21H18ClFN6. The highest BCUT2D eigenvalue weighted by Gasteiger charge is 2.23. The molecule has 146 valence electrons. The number of hydrogen-bond acceptors (Lipinski definition) is 5. The maximum absolute atomic E-state index is 13.7. The number of para-hydroxylation sites is 1. The van der Waals surface area contributed by atoms with Crippen molar-refractivity contribution in [3.8, 4) is 16.9 Å². The van der Waals surface area contributed by atoms with Crippen LogP contribution in [0, 0.1) is 5.82 Å². The molecule has 1 aliphatic heterocycles. The molecule has 1 saturated heterocycles. The molecule has 0 aliphatic carbocycles. The molecule has 1 fully saturated rings. The smallest absolute Gasteiger partial charge is 0.228 e. The van der Waals surface area contributed by atoms with Gasteiger partial charge in [-0.3, -0.25) is 0 Å². The van der Waals surface area contributed by atoms with Gasteiger partial charge in [-0.2, -0.15) is 4.98 Å². The Kier molecular flexibility index (Phi) is 4.32. The van der Waals surface area contributed by atoms with Crippen molar-refractivity contribution in [3.63, 3.8) is 0 Å². The number of nitrogen functional groups attached to an aromatic ring is 1. The molecule has 2 N–H and O–H groups in total. The van der Waals surface area contributed by atoms with Gasteiger partial charge in [0.25, 0.3) is 0 Å². The van der Waals surface area contributed by atoms with Crippen molar-refractivity contribution >= 4 is 34.4 Å². The van der Waals surface area contributed by atoms with E-state index in [0.717, 1.165) is 31.6 Å². The van der Waals surface area contributed by atoms with Crippen LogP contribution in [0.4, 0.5) is 16.2 Å². The molecule has 4 aromatic rings. The summed E-state index contributed by atoms with van der Waals surface area (Å²) in [6.07, 6.45) is 2.19. The number of aromatic nitrogens is 4. The molecular weight excluding hydrogens is 391 g/mol. The van der Waals surface area contributed by atoms with Crippen molar-refractivity contribution in [2.75, 3.05) is 23.7 Å². The highest BCUT2D eigenvalue weighted by atomic mass is 35.5. The molecule has 0 spiro atoms. The summed E-state index contributed by atoms with van der Waals surface area (Å²) in [5, 5.41) is 5.31. The molecule has 8 heteroatoms. The van der Waals surface area contributed by atoms with Crippen molar-refractivity contribution in [3.05, 3.63) is 59.4 Å². The Bertz CT molecular complexity index is 1200. The van der Waals surface area contributed by atoms with E-state index in [-0.39, 0.29) is 5.02 Å². The second kappa shape index (κ2) is 7.00. The Morgan fingerprint density at radius 2 is 1.76 bits per heavy atom. The zero-order chi connectivity index (χ0) is 20.0. The summed E-state index contributed by atoms with van der Waals surface area (Å²) in [6.45, 7) is 1.79. The summed E-state index contributed by atoms with van der Waals surface area (Å²) in [7, 11) is 0. The Morgan fingerprint density at radius 3 is 2.48 bits per heavy atom. The first kappa shape index (κ1) is 17.9. The van der Waals surface area contributed by atoms with Gasteiger partial charge >= 0.3 is 0 Å². The minimum absolute atomic E-state index is 0.0333. The van der Waals surface area contributed by atoms with E-state index in [4.69, 9.17) is 22.3 Å². The summed E-state index contributed by atoms with van der Waals surface area (Å²) in [6, 6.07) is 14.2. The van der Waals surface area contributed by atoms with Crippen LogP contribution in [0.2, 0.25) is 5.02 Å². The average Bonchev–Trinajstić information content (AvgIpc) is 3.39. The van der Waals surface area contributed by atoms with Crippen LogP contribution in [-0.2, 0) is 0 Å². The van der Waals surface area contributed by atoms with Crippen molar-refractivity contribution in [2.45, 2.75) is 12.8 Å². The van der Waals surface area contributed by atoms with E-state index in [2.05, 4.69) is 15.0 Å². The van der Waals surface area contributed by atoms with E-state index < -0.39 is 5.82 Å². The third kappa shape index (κ3) is 3.07. The zero-order valence-corrected chi connectivity index (χ0v) is 16.3. The number of nitrogens with zero attached hydrogens (tertiary/aromatic N) is 5. The molecule has 0 unspecified atom stereocenters. The van der Waals surface area contributed by atoms with Crippen LogP contribution in [0.3, 0.4) is 0 Å². The molecule has 2 aromatic heterocycles. The third-order valence-electron chi connectivity index (χ3n) is 5.14. The summed E-state index contributed by atoms with van der Waals surface area (Å²) in [5.41, 5.74) is 9.07. The van der Waals surface area contributed by atoms with Gasteiger partial charge in [-0.25, -0.2) is 14.1 Å². The predicted molar refractivity (Wildman–Crippen MR) is 113 cm³/mol.